The zero-order valence-electron chi connectivity index (χ0n) is 17.9. The topological polar surface area (TPSA) is 88.1 Å². The van der Waals surface area contributed by atoms with Crippen molar-refractivity contribution in [3.8, 4) is 0 Å². The average Bonchev–Trinajstić information content (AvgIpc) is 2.76. The fourth-order valence-electron chi connectivity index (χ4n) is 2.46. The molecule has 29 heavy (non-hydrogen) atoms. The molecule has 0 amide bonds. The third-order valence-electron chi connectivity index (χ3n) is 5.13. The highest BCUT2D eigenvalue weighted by Crippen LogP contribution is 2.30. The highest BCUT2D eigenvalue weighted by molar-refractivity contribution is 5.82. The number of rotatable bonds is 16. The molecular formula is C22H34O7. The average molecular weight is 411 g/mol. The van der Waals surface area contributed by atoms with E-state index in [0.29, 0.717) is 13.0 Å². The second-order valence-electron chi connectivity index (χ2n) is 6.99. The van der Waals surface area contributed by atoms with Gasteiger partial charge in [-0.05, 0) is 19.3 Å². The quantitative estimate of drug-likeness (QED) is 0.219. The summed E-state index contributed by atoms with van der Waals surface area (Å²) >= 11 is 0. The molecule has 0 rings (SSSR count). The lowest BCUT2D eigenvalue weighted by Crippen LogP contribution is -2.40. The van der Waals surface area contributed by atoms with Gasteiger partial charge in [-0.1, -0.05) is 40.5 Å². The maximum atomic E-state index is 11.5. The molecule has 0 radical (unpaired) electrons. The first-order chi connectivity index (χ1) is 13.8. The van der Waals surface area contributed by atoms with Crippen molar-refractivity contribution in [2.75, 3.05) is 33.0 Å². The number of hydrogen-bond acceptors (Lipinski definition) is 7. The Morgan fingerprint density at radius 3 is 1.24 bits per heavy atom. The number of esters is 3. The van der Waals surface area contributed by atoms with E-state index in [0.717, 1.165) is 31.1 Å². The Bertz CT molecular complexity index is 552. The highest BCUT2D eigenvalue weighted by Gasteiger charge is 2.35. The lowest BCUT2D eigenvalue weighted by molar-refractivity contribution is -0.154. The van der Waals surface area contributed by atoms with Crippen LogP contribution in [0, 0.1) is 10.8 Å². The van der Waals surface area contributed by atoms with E-state index < -0.39 is 23.3 Å². The van der Waals surface area contributed by atoms with Crippen LogP contribution >= 0.6 is 0 Å². The summed E-state index contributed by atoms with van der Waals surface area (Å²) in [5, 5.41) is 0. The van der Waals surface area contributed by atoms with E-state index >= 15 is 0 Å². The first-order valence-electron chi connectivity index (χ1n) is 9.71. The van der Waals surface area contributed by atoms with Crippen molar-refractivity contribution in [3.05, 3.63) is 38.0 Å². The Hall–Kier alpha value is -2.41. The largest absolute Gasteiger partial charge is 0.462 e. The van der Waals surface area contributed by atoms with Gasteiger partial charge < -0.3 is 18.9 Å². The lowest BCUT2D eigenvalue weighted by Gasteiger charge is -2.35. The molecule has 0 aromatic rings. The molecule has 0 aliphatic rings. The van der Waals surface area contributed by atoms with Gasteiger partial charge in [0.25, 0.3) is 0 Å². The van der Waals surface area contributed by atoms with E-state index in [9.17, 15) is 14.4 Å². The maximum Gasteiger partial charge on any atom is 0.330 e. The molecule has 0 atom stereocenters. The van der Waals surface area contributed by atoms with Crippen LogP contribution < -0.4 is 0 Å². The van der Waals surface area contributed by atoms with Crippen LogP contribution in [0.5, 0.6) is 0 Å². The van der Waals surface area contributed by atoms with Crippen molar-refractivity contribution < 1.29 is 33.3 Å². The second-order valence-corrected chi connectivity index (χ2v) is 6.99. The minimum Gasteiger partial charge on any atom is -0.462 e. The van der Waals surface area contributed by atoms with Gasteiger partial charge in [-0.15, -0.1) is 0 Å². The van der Waals surface area contributed by atoms with Crippen LogP contribution in [-0.2, 0) is 33.3 Å². The minimum atomic E-state index is -0.720. The van der Waals surface area contributed by atoms with Crippen LogP contribution in [0.1, 0.15) is 40.0 Å². The fourth-order valence-corrected chi connectivity index (χ4v) is 2.46. The van der Waals surface area contributed by atoms with Gasteiger partial charge in [-0.2, -0.15) is 0 Å². The third-order valence-corrected chi connectivity index (χ3v) is 5.13. The van der Waals surface area contributed by atoms with Crippen LogP contribution in [-0.4, -0.2) is 50.9 Å². The number of ether oxygens (including phenoxy) is 4. The molecule has 0 heterocycles. The van der Waals surface area contributed by atoms with E-state index in [4.69, 9.17) is 18.9 Å². The number of carbonyl (C=O) groups is 3. The Morgan fingerprint density at radius 1 is 0.621 bits per heavy atom. The van der Waals surface area contributed by atoms with Gasteiger partial charge >= 0.3 is 17.9 Å². The van der Waals surface area contributed by atoms with Crippen molar-refractivity contribution >= 4 is 17.9 Å². The summed E-state index contributed by atoms with van der Waals surface area (Å²) in [6.07, 6.45) is 5.29. The molecule has 0 N–H and O–H groups in total. The van der Waals surface area contributed by atoms with E-state index in [1.807, 2.05) is 20.8 Å². The summed E-state index contributed by atoms with van der Waals surface area (Å²) in [4.78, 5) is 34.5. The third kappa shape index (κ3) is 9.56. The normalized spacial score (nSPS) is 11.3. The minimum absolute atomic E-state index is 0.00940. The van der Waals surface area contributed by atoms with Crippen LogP contribution in [0.25, 0.3) is 0 Å². The molecule has 0 aliphatic heterocycles. The molecule has 0 fully saturated rings. The van der Waals surface area contributed by atoms with Crippen molar-refractivity contribution in [2.45, 2.75) is 40.0 Å². The maximum absolute atomic E-state index is 11.5. The van der Waals surface area contributed by atoms with E-state index in [1.54, 1.807) is 0 Å². The van der Waals surface area contributed by atoms with Crippen molar-refractivity contribution in [1.29, 1.82) is 0 Å². The molecule has 164 valence electrons. The molecule has 7 heteroatoms. The van der Waals surface area contributed by atoms with Crippen LogP contribution in [0.4, 0.5) is 0 Å². The standard InChI is InChI=1S/C22H34O7/c1-7-18(23)27-15-21(10-4,11-5)13-26-14-22(12-6,16-28-19(24)8-2)17-29-20(25)9-3/h7-9H,1-3,10-17H2,4-6H3. The molecule has 7 nitrogen and oxygen atoms in total. The van der Waals surface area contributed by atoms with E-state index in [1.165, 1.54) is 0 Å². The molecule has 0 saturated heterocycles. The van der Waals surface area contributed by atoms with Crippen molar-refractivity contribution in [2.24, 2.45) is 10.8 Å². The van der Waals surface area contributed by atoms with Crippen LogP contribution in [0.15, 0.2) is 38.0 Å². The Kier molecular flexibility index (Phi) is 12.6. The molecule has 0 bridgehead atoms. The zero-order chi connectivity index (χ0) is 22.3. The molecule has 0 unspecified atom stereocenters. The molecular weight excluding hydrogens is 376 g/mol. The number of carbonyl (C=O) groups excluding carboxylic acids is 3. The van der Waals surface area contributed by atoms with Gasteiger partial charge in [0.1, 0.15) is 13.2 Å². The summed E-state index contributed by atoms with van der Waals surface area (Å²) in [6.45, 7) is 16.8. The molecule has 0 aromatic carbocycles. The summed E-state index contributed by atoms with van der Waals surface area (Å²) in [6, 6.07) is 0. The van der Waals surface area contributed by atoms with Gasteiger partial charge in [-0.25, -0.2) is 14.4 Å². The van der Waals surface area contributed by atoms with Gasteiger partial charge in [0.15, 0.2) is 0 Å². The Labute approximate surface area is 173 Å². The summed E-state index contributed by atoms with van der Waals surface area (Å²) in [5.74, 6) is -1.61. The first kappa shape index (κ1) is 26.6. The second kappa shape index (κ2) is 13.7. The van der Waals surface area contributed by atoms with Crippen LogP contribution in [0.3, 0.4) is 0 Å². The Morgan fingerprint density at radius 2 is 0.931 bits per heavy atom. The smallest absolute Gasteiger partial charge is 0.330 e. The van der Waals surface area contributed by atoms with Crippen molar-refractivity contribution in [1.82, 2.24) is 0 Å². The molecule has 0 aromatic heterocycles. The van der Waals surface area contributed by atoms with Crippen LogP contribution in [0.2, 0.25) is 0 Å². The molecule has 0 spiro atoms. The summed E-state index contributed by atoms with van der Waals surface area (Å²) in [5.41, 5.74) is -1.07. The highest BCUT2D eigenvalue weighted by atomic mass is 16.6. The Balaban J connectivity index is 5.17. The summed E-state index contributed by atoms with van der Waals surface area (Å²) < 4.78 is 21.6. The molecule has 0 saturated carbocycles. The molecule has 0 aliphatic carbocycles. The first-order valence-corrected chi connectivity index (χ1v) is 9.71. The number of hydrogen-bond donors (Lipinski definition) is 0. The van der Waals surface area contributed by atoms with E-state index in [-0.39, 0.29) is 31.8 Å². The van der Waals surface area contributed by atoms with E-state index in [2.05, 4.69) is 19.7 Å². The van der Waals surface area contributed by atoms with Crippen molar-refractivity contribution in [3.63, 3.8) is 0 Å². The van der Waals surface area contributed by atoms with Gasteiger partial charge in [0.2, 0.25) is 0 Å². The SMILES string of the molecule is C=CC(=O)OCC(CC)(CC)COCC(CC)(COC(=O)C=C)COC(=O)C=C. The predicted octanol–water partition coefficient (Wildman–Crippen LogP) is 3.39. The monoisotopic (exact) mass is 410 g/mol. The van der Waals surface area contributed by atoms with Gasteiger partial charge in [-0.3, -0.25) is 0 Å². The lowest BCUT2D eigenvalue weighted by atomic mass is 9.83. The fraction of sp³-hybridized carbons (Fsp3) is 0.591. The zero-order valence-corrected chi connectivity index (χ0v) is 17.9. The summed E-state index contributed by atoms with van der Waals surface area (Å²) in [7, 11) is 0. The predicted molar refractivity (Wildman–Crippen MR) is 110 cm³/mol. The van der Waals surface area contributed by atoms with Gasteiger partial charge in [0, 0.05) is 23.6 Å². The van der Waals surface area contributed by atoms with Gasteiger partial charge in [0.05, 0.1) is 25.2 Å².